The molecule has 130 valence electrons. The van der Waals surface area contributed by atoms with Gasteiger partial charge >= 0.3 is 0 Å². The highest BCUT2D eigenvalue weighted by molar-refractivity contribution is 7.93. The maximum absolute atomic E-state index is 12.4. The number of hydrogen-bond acceptors (Lipinski definition) is 6. The largest absolute Gasteiger partial charge is 0.377 e. The van der Waals surface area contributed by atoms with Crippen LogP contribution in [0.1, 0.15) is 18.5 Å². The zero-order valence-corrected chi connectivity index (χ0v) is 15.6. The van der Waals surface area contributed by atoms with Crippen LogP contribution in [0, 0.1) is 0 Å². The van der Waals surface area contributed by atoms with Gasteiger partial charge < -0.3 is 5.32 Å². The van der Waals surface area contributed by atoms with Gasteiger partial charge in [0.1, 0.15) is 6.33 Å². The Labute approximate surface area is 155 Å². The first-order chi connectivity index (χ1) is 12.0. The van der Waals surface area contributed by atoms with Crippen molar-refractivity contribution in [3.05, 3.63) is 65.4 Å². The van der Waals surface area contributed by atoms with E-state index in [9.17, 15) is 8.42 Å². The molecule has 3 aromatic rings. The summed E-state index contributed by atoms with van der Waals surface area (Å²) in [6.45, 7) is 2.01. The summed E-state index contributed by atoms with van der Waals surface area (Å²) in [6, 6.07) is 14.5. The van der Waals surface area contributed by atoms with E-state index in [1.54, 1.807) is 6.07 Å². The zero-order valence-electron chi connectivity index (χ0n) is 13.2. The first-order valence-corrected chi connectivity index (χ1v) is 10.00. The van der Waals surface area contributed by atoms with Crippen LogP contribution >= 0.6 is 23.1 Å². The Kier molecular flexibility index (Phi) is 5.22. The Morgan fingerprint density at radius 1 is 1.16 bits per heavy atom. The molecule has 0 aliphatic carbocycles. The van der Waals surface area contributed by atoms with Crippen molar-refractivity contribution in [2.75, 3.05) is 10.0 Å². The molecule has 0 spiro atoms. The van der Waals surface area contributed by atoms with Crippen LogP contribution in [0.4, 0.5) is 10.8 Å². The molecule has 1 heterocycles. The predicted molar refractivity (Wildman–Crippen MR) is 101 cm³/mol. The zero-order chi connectivity index (χ0) is 17.9. The lowest BCUT2D eigenvalue weighted by molar-refractivity contribution is 0.601. The van der Waals surface area contributed by atoms with E-state index in [0.29, 0.717) is 10.7 Å². The maximum Gasteiger partial charge on any atom is 0.263 e. The van der Waals surface area contributed by atoms with Gasteiger partial charge in [0.15, 0.2) is 0 Å². The number of aromatic nitrogens is 2. The summed E-state index contributed by atoms with van der Waals surface area (Å²) < 4.78 is 30.8. The molecule has 0 saturated carbocycles. The maximum atomic E-state index is 12.4. The molecule has 2 aromatic carbocycles. The fourth-order valence-corrected chi connectivity index (χ4v) is 4.22. The lowest BCUT2D eigenvalue weighted by atomic mass is 10.1. The van der Waals surface area contributed by atoms with Crippen LogP contribution in [0.5, 0.6) is 0 Å². The summed E-state index contributed by atoms with van der Waals surface area (Å²) in [5.74, 6) is 0. The van der Waals surface area contributed by atoms with E-state index < -0.39 is 10.0 Å². The molecule has 0 bridgehead atoms. The van der Waals surface area contributed by atoms with E-state index in [1.807, 2.05) is 37.3 Å². The van der Waals surface area contributed by atoms with Crippen molar-refractivity contribution >= 4 is 44.0 Å². The summed E-state index contributed by atoms with van der Waals surface area (Å²) in [7, 11) is -3.76. The van der Waals surface area contributed by atoms with Gasteiger partial charge in [-0.2, -0.15) is 4.37 Å². The molecule has 1 aromatic heterocycles. The second-order valence-corrected chi connectivity index (χ2v) is 8.14. The van der Waals surface area contributed by atoms with Crippen LogP contribution < -0.4 is 10.0 Å². The van der Waals surface area contributed by atoms with Crippen molar-refractivity contribution < 1.29 is 8.42 Å². The van der Waals surface area contributed by atoms with E-state index in [2.05, 4.69) is 19.4 Å². The van der Waals surface area contributed by atoms with Crippen LogP contribution in [0.3, 0.4) is 0 Å². The molecule has 6 nitrogen and oxygen atoms in total. The highest BCUT2D eigenvalue weighted by Gasteiger charge is 2.18. The van der Waals surface area contributed by atoms with Crippen molar-refractivity contribution in [3.63, 3.8) is 0 Å². The number of sulfonamides is 1. The second-order valence-electron chi connectivity index (χ2n) is 5.27. The Balaban J connectivity index is 1.79. The fraction of sp³-hybridized carbons (Fsp3) is 0.125. The van der Waals surface area contributed by atoms with Gasteiger partial charge in [-0.3, -0.25) is 4.72 Å². The van der Waals surface area contributed by atoms with Gasteiger partial charge in [0.25, 0.3) is 10.0 Å². The molecule has 1 atom stereocenters. The number of anilines is 2. The number of hydrogen-bond donors (Lipinski definition) is 2. The Morgan fingerprint density at radius 2 is 1.92 bits per heavy atom. The van der Waals surface area contributed by atoms with Crippen molar-refractivity contribution in [3.8, 4) is 0 Å². The third-order valence-electron chi connectivity index (χ3n) is 3.51. The molecule has 9 heteroatoms. The van der Waals surface area contributed by atoms with Crippen molar-refractivity contribution in [2.24, 2.45) is 0 Å². The third-order valence-corrected chi connectivity index (χ3v) is 5.86. The normalized spacial score (nSPS) is 12.6. The van der Waals surface area contributed by atoms with Crippen LogP contribution in [-0.2, 0) is 10.0 Å². The summed E-state index contributed by atoms with van der Waals surface area (Å²) in [4.78, 5) is 3.87. The molecule has 0 saturated heterocycles. The number of rotatable bonds is 6. The van der Waals surface area contributed by atoms with Crippen molar-refractivity contribution in [2.45, 2.75) is 17.9 Å². The number of benzene rings is 2. The van der Waals surface area contributed by atoms with E-state index in [0.717, 1.165) is 17.1 Å². The second kappa shape index (κ2) is 7.38. The number of nitrogens with one attached hydrogen (secondary N) is 2. The van der Waals surface area contributed by atoms with E-state index in [1.165, 1.54) is 18.5 Å². The van der Waals surface area contributed by atoms with Crippen molar-refractivity contribution in [1.29, 1.82) is 0 Å². The average Bonchev–Trinajstić information content (AvgIpc) is 3.09. The molecule has 0 fully saturated rings. The monoisotopic (exact) mass is 394 g/mol. The van der Waals surface area contributed by atoms with E-state index in [4.69, 9.17) is 11.6 Å². The first kappa shape index (κ1) is 17.7. The van der Waals surface area contributed by atoms with Crippen LogP contribution in [0.15, 0.2) is 59.8 Å². The molecule has 0 radical (unpaired) electrons. The van der Waals surface area contributed by atoms with Crippen LogP contribution in [-0.4, -0.2) is 17.8 Å². The van der Waals surface area contributed by atoms with Gasteiger partial charge in [-0.05, 0) is 30.7 Å². The van der Waals surface area contributed by atoms with Gasteiger partial charge in [0.2, 0.25) is 5.13 Å². The van der Waals surface area contributed by atoms with Crippen molar-refractivity contribution in [1.82, 2.24) is 9.36 Å². The van der Waals surface area contributed by atoms with E-state index >= 15 is 0 Å². The highest BCUT2D eigenvalue weighted by Crippen LogP contribution is 2.29. The van der Waals surface area contributed by atoms with Crippen LogP contribution in [0.25, 0.3) is 0 Å². The Bertz CT molecular complexity index is 948. The van der Waals surface area contributed by atoms with Gasteiger partial charge in [0.05, 0.1) is 15.6 Å². The molecule has 0 aliphatic heterocycles. The summed E-state index contributed by atoms with van der Waals surface area (Å²) >= 11 is 7.23. The summed E-state index contributed by atoms with van der Waals surface area (Å²) in [5, 5.41) is 3.81. The Hall–Kier alpha value is -2.16. The predicted octanol–water partition coefficient (Wildman–Crippen LogP) is 4.17. The highest BCUT2D eigenvalue weighted by atomic mass is 35.5. The lowest BCUT2D eigenvalue weighted by Gasteiger charge is -2.17. The van der Waals surface area contributed by atoms with Gasteiger partial charge in [-0.1, -0.05) is 41.9 Å². The molecular formula is C16H15ClN4O2S2. The number of halogens is 1. The quantitative estimate of drug-likeness (QED) is 0.655. The smallest absolute Gasteiger partial charge is 0.263 e. The van der Waals surface area contributed by atoms with Gasteiger partial charge in [-0.15, -0.1) is 0 Å². The molecular weight excluding hydrogens is 380 g/mol. The fourth-order valence-electron chi connectivity index (χ4n) is 2.23. The average molecular weight is 395 g/mol. The molecule has 0 aliphatic rings. The topological polar surface area (TPSA) is 84.0 Å². The van der Waals surface area contributed by atoms with Gasteiger partial charge in [-0.25, -0.2) is 13.4 Å². The molecule has 2 N–H and O–H groups in total. The molecule has 25 heavy (non-hydrogen) atoms. The molecule has 0 amide bonds. The minimum absolute atomic E-state index is 0.0284. The lowest BCUT2D eigenvalue weighted by Crippen LogP contribution is -2.13. The molecule has 3 rings (SSSR count). The minimum atomic E-state index is -3.76. The third kappa shape index (κ3) is 4.28. The van der Waals surface area contributed by atoms with Gasteiger partial charge in [0, 0.05) is 17.6 Å². The van der Waals surface area contributed by atoms with E-state index in [-0.39, 0.29) is 16.1 Å². The summed E-state index contributed by atoms with van der Waals surface area (Å²) in [6.07, 6.45) is 1.29. The summed E-state index contributed by atoms with van der Waals surface area (Å²) in [5.41, 5.74) is 1.76. The SMILES string of the molecule is CC(Nc1ccc(S(=O)(=O)Nc2ncns2)cc1Cl)c1ccccc1. The number of nitrogens with zero attached hydrogens (tertiary/aromatic N) is 2. The minimum Gasteiger partial charge on any atom is -0.377 e. The van der Waals surface area contributed by atoms with Crippen LogP contribution in [0.2, 0.25) is 5.02 Å². The molecule has 1 unspecified atom stereocenters. The Morgan fingerprint density at radius 3 is 2.56 bits per heavy atom. The first-order valence-electron chi connectivity index (χ1n) is 7.36. The standard InChI is InChI=1S/C16H15ClN4O2S2/c1-11(12-5-3-2-4-6-12)20-15-8-7-13(9-14(15)17)25(22,23)21-16-18-10-19-24-16/h2-11,20H,1H3,(H,18,19,21).